The number of ketones is 1. The molecule has 8 heteroatoms. The van der Waals surface area contributed by atoms with E-state index in [4.69, 9.17) is 27.9 Å². The van der Waals surface area contributed by atoms with Gasteiger partial charge in [0, 0.05) is 33.3 Å². The Bertz CT molecular complexity index is 1140. The van der Waals surface area contributed by atoms with E-state index < -0.39 is 10.9 Å². The van der Waals surface area contributed by atoms with Crippen LogP contribution in [-0.4, -0.2) is 16.7 Å². The average Bonchev–Trinajstić information content (AvgIpc) is 2.73. The Balaban J connectivity index is 1.69. The highest BCUT2D eigenvalue weighted by Gasteiger charge is 2.14. The molecule has 3 rings (SSSR count). The van der Waals surface area contributed by atoms with Crippen LogP contribution in [0.4, 0.5) is 5.69 Å². The van der Waals surface area contributed by atoms with Crippen LogP contribution < -0.4 is 4.74 Å². The molecular formula is C22H13Cl2NO5. The van der Waals surface area contributed by atoms with Gasteiger partial charge in [-0.05, 0) is 54.6 Å². The molecule has 0 bridgehead atoms. The van der Waals surface area contributed by atoms with Crippen molar-refractivity contribution in [1.29, 1.82) is 0 Å². The Morgan fingerprint density at radius 1 is 0.900 bits per heavy atom. The van der Waals surface area contributed by atoms with Crippen molar-refractivity contribution in [3.05, 3.63) is 110 Å². The van der Waals surface area contributed by atoms with Gasteiger partial charge in [0.2, 0.25) is 0 Å². The van der Waals surface area contributed by atoms with Crippen LogP contribution in [-0.2, 0) is 0 Å². The maximum Gasteiger partial charge on any atom is 0.343 e. The molecule has 0 aromatic heterocycles. The molecule has 0 atom stereocenters. The summed E-state index contributed by atoms with van der Waals surface area (Å²) in [6.07, 6.45) is 2.88. The fraction of sp³-hybridized carbons (Fsp3) is 0. The third-order valence-corrected chi connectivity index (χ3v) is 4.70. The number of carbonyl (C=O) groups excluding carboxylic acids is 2. The molecule has 3 aromatic rings. The lowest BCUT2D eigenvalue weighted by Gasteiger charge is -2.05. The average molecular weight is 442 g/mol. The number of nitrogens with zero attached hydrogens (tertiary/aromatic N) is 1. The quantitative estimate of drug-likeness (QED) is 0.116. The maximum atomic E-state index is 12.4. The van der Waals surface area contributed by atoms with Crippen LogP contribution in [0.5, 0.6) is 5.75 Å². The molecule has 0 heterocycles. The van der Waals surface area contributed by atoms with Gasteiger partial charge >= 0.3 is 5.97 Å². The maximum absolute atomic E-state index is 12.4. The number of nitro benzene ring substituents is 1. The van der Waals surface area contributed by atoms with E-state index in [-0.39, 0.29) is 22.8 Å². The second-order valence-corrected chi connectivity index (χ2v) is 6.87. The minimum absolute atomic E-state index is 0.0453. The summed E-state index contributed by atoms with van der Waals surface area (Å²) in [7, 11) is 0. The fourth-order valence-corrected chi connectivity index (χ4v) is 3.05. The van der Waals surface area contributed by atoms with Crippen LogP contribution in [0.15, 0.2) is 72.8 Å². The number of halogens is 2. The van der Waals surface area contributed by atoms with Gasteiger partial charge in [-0.2, -0.15) is 0 Å². The molecule has 0 aliphatic heterocycles. The van der Waals surface area contributed by atoms with E-state index in [1.165, 1.54) is 54.6 Å². The highest BCUT2D eigenvalue weighted by molar-refractivity contribution is 6.37. The van der Waals surface area contributed by atoms with E-state index in [2.05, 4.69) is 0 Å². The molecule has 0 N–H and O–H groups in total. The lowest BCUT2D eigenvalue weighted by molar-refractivity contribution is -0.384. The zero-order chi connectivity index (χ0) is 21.7. The Hall–Kier alpha value is -3.48. The molecule has 0 amide bonds. The van der Waals surface area contributed by atoms with Crippen molar-refractivity contribution in [1.82, 2.24) is 0 Å². The molecule has 3 aromatic carbocycles. The van der Waals surface area contributed by atoms with E-state index in [1.54, 1.807) is 18.2 Å². The summed E-state index contributed by atoms with van der Waals surface area (Å²) < 4.78 is 5.20. The third-order valence-electron chi connectivity index (χ3n) is 4.04. The van der Waals surface area contributed by atoms with Crippen molar-refractivity contribution in [2.45, 2.75) is 0 Å². The summed E-state index contributed by atoms with van der Waals surface area (Å²) in [6.45, 7) is 0. The smallest absolute Gasteiger partial charge is 0.343 e. The van der Waals surface area contributed by atoms with Crippen LogP contribution in [0, 0.1) is 10.1 Å². The summed E-state index contributed by atoms with van der Waals surface area (Å²) >= 11 is 12.1. The van der Waals surface area contributed by atoms with Gasteiger partial charge < -0.3 is 4.74 Å². The molecule has 0 aliphatic carbocycles. The van der Waals surface area contributed by atoms with Crippen molar-refractivity contribution >= 4 is 46.7 Å². The number of ether oxygens (including phenoxy) is 1. The van der Waals surface area contributed by atoms with Crippen molar-refractivity contribution in [2.24, 2.45) is 0 Å². The molecule has 6 nitrogen and oxygen atoms in total. The zero-order valence-electron chi connectivity index (χ0n) is 15.2. The Morgan fingerprint density at radius 2 is 1.53 bits per heavy atom. The highest BCUT2D eigenvalue weighted by Crippen LogP contribution is 2.26. The van der Waals surface area contributed by atoms with Gasteiger partial charge in [-0.15, -0.1) is 0 Å². The molecule has 0 spiro atoms. The van der Waals surface area contributed by atoms with E-state index in [0.717, 1.165) is 6.07 Å². The largest absolute Gasteiger partial charge is 0.423 e. The molecule has 30 heavy (non-hydrogen) atoms. The van der Waals surface area contributed by atoms with Crippen LogP contribution in [0.2, 0.25) is 10.0 Å². The van der Waals surface area contributed by atoms with Crippen LogP contribution in [0.25, 0.3) is 6.08 Å². The summed E-state index contributed by atoms with van der Waals surface area (Å²) in [5.41, 5.74) is 0.737. The van der Waals surface area contributed by atoms with Gasteiger partial charge in [0.25, 0.3) is 5.69 Å². The number of benzene rings is 3. The van der Waals surface area contributed by atoms with Gasteiger partial charge in [-0.3, -0.25) is 14.9 Å². The number of hydrogen-bond acceptors (Lipinski definition) is 5. The van der Waals surface area contributed by atoms with E-state index in [0.29, 0.717) is 21.2 Å². The standard InChI is InChI=1S/C22H13Cl2NO5/c23-19-5-2-6-20(24)18(19)11-12-21(26)14-7-9-17(10-8-14)30-22(27)15-3-1-4-16(13-15)25(28)29/h1-13H/b12-11+. The highest BCUT2D eigenvalue weighted by atomic mass is 35.5. The lowest BCUT2D eigenvalue weighted by atomic mass is 10.1. The van der Waals surface area contributed by atoms with E-state index in [1.807, 2.05) is 0 Å². The van der Waals surface area contributed by atoms with Gasteiger partial charge in [-0.1, -0.05) is 35.3 Å². The molecule has 150 valence electrons. The van der Waals surface area contributed by atoms with E-state index >= 15 is 0 Å². The first kappa shape index (κ1) is 21.2. The van der Waals surface area contributed by atoms with Gasteiger partial charge in [0.15, 0.2) is 5.78 Å². The number of carbonyl (C=O) groups is 2. The van der Waals surface area contributed by atoms with Crippen LogP contribution in [0.3, 0.4) is 0 Å². The third kappa shape index (κ3) is 5.11. The van der Waals surface area contributed by atoms with E-state index in [9.17, 15) is 19.7 Å². The Labute approximate surface area is 181 Å². The zero-order valence-corrected chi connectivity index (χ0v) is 16.8. The predicted octanol–water partition coefficient (Wildman–Crippen LogP) is 6.02. The molecular weight excluding hydrogens is 429 g/mol. The summed E-state index contributed by atoms with van der Waals surface area (Å²) in [5.74, 6) is -0.838. The number of nitro groups is 1. The van der Waals surface area contributed by atoms with Crippen molar-refractivity contribution in [3.8, 4) is 5.75 Å². The number of non-ortho nitro benzene ring substituents is 1. The molecule has 0 saturated heterocycles. The molecule has 0 unspecified atom stereocenters. The normalized spacial score (nSPS) is 10.7. The first-order chi connectivity index (χ1) is 14.3. The Morgan fingerprint density at radius 3 is 2.17 bits per heavy atom. The number of esters is 1. The summed E-state index contributed by atoms with van der Waals surface area (Å²) in [5, 5.41) is 11.7. The molecule has 0 radical (unpaired) electrons. The molecule has 0 aliphatic rings. The van der Waals surface area contributed by atoms with Crippen LogP contribution >= 0.6 is 23.2 Å². The lowest BCUT2D eigenvalue weighted by Crippen LogP contribution is -2.09. The number of hydrogen-bond donors (Lipinski definition) is 0. The van der Waals surface area contributed by atoms with Crippen molar-refractivity contribution in [3.63, 3.8) is 0 Å². The second kappa shape index (κ2) is 9.35. The molecule has 0 saturated carbocycles. The second-order valence-electron chi connectivity index (χ2n) is 6.05. The number of rotatable bonds is 6. The van der Waals surface area contributed by atoms with Crippen molar-refractivity contribution < 1.29 is 19.2 Å². The monoisotopic (exact) mass is 441 g/mol. The van der Waals surface area contributed by atoms with Crippen LogP contribution in [0.1, 0.15) is 26.3 Å². The minimum Gasteiger partial charge on any atom is -0.423 e. The Kier molecular flexibility index (Phi) is 6.61. The minimum atomic E-state index is -0.744. The first-order valence-electron chi connectivity index (χ1n) is 8.58. The fourth-order valence-electron chi connectivity index (χ4n) is 2.52. The summed E-state index contributed by atoms with van der Waals surface area (Å²) in [6, 6.07) is 16.2. The van der Waals surface area contributed by atoms with Gasteiger partial charge in [0.1, 0.15) is 5.75 Å². The SMILES string of the molecule is O=C(/C=C/c1c(Cl)cccc1Cl)c1ccc(OC(=O)c2cccc([N+](=O)[O-])c2)cc1. The van der Waals surface area contributed by atoms with Crippen molar-refractivity contribution in [2.75, 3.05) is 0 Å². The molecule has 0 fully saturated rings. The predicted molar refractivity (Wildman–Crippen MR) is 114 cm³/mol. The number of allylic oxidation sites excluding steroid dienone is 1. The van der Waals surface area contributed by atoms with Gasteiger partial charge in [-0.25, -0.2) is 4.79 Å². The topological polar surface area (TPSA) is 86.5 Å². The van der Waals surface area contributed by atoms with Gasteiger partial charge in [0.05, 0.1) is 10.5 Å². The first-order valence-corrected chi connectivity index (χ1v) is 9.34. The summed E-state index contributed by atoms with van der Waals surface area (Å²) in [4.78, 5) is 34.8.